The Labute approximate surface area is 228 Å². The number of pyridine rings is 1. The summed E-state index contributed by atoms with van der Waals surface area (Å²) in [7, 11) is 0. The molecule has 8 heteroatoms. The molecule has 5 rings (SSSR count). The van der Waals surface area contributed by atoms with Gasteiger partial charge in [0.15, 0.2) is 5.11 Å². The third kappa shape index (κ3) is 5.55. The average Bonchev–Trinajstić information content (AvgIpc) is 3.54. The number of hydrogen-bond acceptors (Lipinski definition) is 4. The summed E-state index contributed by atoms with van der Waals surface area (Å²) in [4.78, 5) is 19.6. The van der Waals surface area contributed by atoms with Gasteiger partial charge in [-0.05, 0) is 86.7 Å². The van der Waals surface area contributed by atoms with Crippen molar-refractivity contribution in [3.63, 3.8) is 0 Å². The summed E-state index contributed by atoms with van der Waals surface area (Å²) in [5.41, 5.74) is 4.90. The molecule has 2 atom stereocenters. The van der Waals surface area contributed by atoms with Crippen molar-refractivity contribution in [1.29, 1.82) is 0 Å². The third-order valence-corrected chi connectivity index (χ3v) is 6.97. The van der Waals surface area contributed by atoms with Crippen LogP contribution in [0.3, 0.4) is 0 Å². The lowest BCUT2D eigenvalue weighted by Crippen LogP contribution is -2.33. The largest absolute Gasteiger partial charge is 0.494 e. The van der Waals surface area contributed by atoms with E-state index in [-0.39, 0.29) is 18.0 Å². The van der Waals surface area contributed by atoms with E-state index in [2.05, 4.69) is 31.2 Å². The standard InChI is InChI=1S/C30H31N5O2S/c1-3-37-24-15-13-23(14-16-24)34-19-6-8-26(34)29-28(25-7-4-5-18-31-25)33-30(38)35(29)20-17-27(36)32-22-11-9-21(2)10-12-22/h4-16,18-19,28-29H,3,17,20H2,1-2H3,(H,32,36)(H,33,38)/t28-,29+/m0/s1. The van der Waals surface area contributed by atoms with E-state index in [0.29, 0.717) is 24.7 Å². The van der Waals surface area contributed by atoms with Crippen molar-refractivity contribution < 1.29 is 9.53 Å². The Kier molecular flexibility index (Phi) is 7.70. The van der Waals surface area contributed by atoms with Crippen LogP contribution in [-0.4, -0.2) is 38.6 Å². The summed E-state index contributed by atoms with van der Waals surface area (Å²) in [6, 6.07) is 25.5. The van der Waals surface area contributed by atoms with Gasteiger partial charge in [-0.25, -0.2) is 0 Å². The number of ether oxygens (including phenoxy) is 1. The first-order chi connectivity index (χ1) is 18.5. The monoisotopic (exact) mass is 525 g/mol. The zero-order valence-corrected chi connectivity index (χ0v) is 22.3. The maximum atomic E-state index is 12.8. The molecule has 1 aliphatic heterocycles. The second-order valence-electron chi connectivity index (χ2n) is 9.21. The SMILES string of the molecule is CCOc1ccc(-n2cccc2[C@@H]2[C@H](c3ccccn3)NC(=S)N2CCC(=O)Nc2ccc(C)cc2)cc1. The summed E-state index contributed by atoms with van der Waals surface area (Å²) >= 11 is 5.80. The van der Waals surface area contributed by atoms with Crippen molar-refractivity contribution in [1.82, 2.24) is 19.8 Å². The highest BCUT2D eigenvalue weighted by atomic mass is 32.1. The summed E-state index contributed by atoms with van der Waals surface area (Å²) in [6.45, 7) is 5.08. The van der Waals surface area contributed by atoms with Crippen LogP contribution in [0.1, 0.15) is 42.4 Å². The fourth-order valence-corrected chi connectivity index (χ4v) is 5.12. The van der Waals surface area contributed by atoms with Gasteiger partial charge in [-0.15, -0.1) is 0 Å². The molecule has 0 unspecified atom stereocenters. The first-order valence-electron chi connectivity index (χ1n) is 12.8. The first kappa shape index (κ1) is 25.5. The highest BCUT2D eigenvalue weighted by Gasteiger charge is 2.41. The molecule has 1 fully saturated rings. The van der Waals surface area contributed by atoms with Gasteiger partial charge in [-0.3, -0.25) is 9.78 Å². The molecule has 0 saturated carbocycles. The zero-order valence-electron chi connectivity index (χ0n) is 21.5. The molecule has 0 spiro atoms. The number of carbonyl (C=O) groups excluding carboxylic acids is 1. The van der Waals surface area contributed by atoms with Gasteiger partial charge in [-0.2, -0.15) is 0 Å². The topological polar surface area (TPSA) is 71.4 Å². The lowest BCUT2D eigenvalue weighted by Gasteiger charge is -2.29. The van der Waals surface area contributed by atoms with Crippen molar-refractivity contribution in [3.05, 3.63) is 108 Å². The van der Waals surface area contributed by atoms with Gasteiger partial charge in [0.1, 0.15) is 5.75 Å². The van der Waals surface area contributed by atoms with Crippen molar-refractivity contribution in [2.75, 3.05) is 18.5 Å². The van der Waals surface area contributed by atoms with E-state index in [1.807, 2.05) is 92.8 Å². The predicted octanol–water partition coefficient (Wildman–Crippen LogP) is 5.58. The molecule has 1 aliphatic rings. The van der Waals surface area contributed by atoms with Gasteiger partial charge >= 0.3 is 0 Å². The fourth-order valence-electron chi connectivity index (χ4n) is 4.79. The second-order valence-corrected chi connectivity index (χ2v) is 9.60. The van der Waals surface area contributed by atoms with E-state index in [4.69, 9.17) is 17.0 Å². The van der Waals surface area contributed by atoms with Crippen LogP contribution in [0.15, 0.2) is 91.3 Å². The Bertz CT molecular complexity index is 1390. The molecule has 194 valence electrons. The number of nitrogens with zero attached hydrogens (tertiary/aromatic N) is 3. The van der Waals surface area contributed by atoms with Crippen LogP contribution in [0.4, 0.5) is 5.69 Å². The minimum atomic E-state index is -0.166. The normalized spacial score (nSPS) is 16.8. The maximum Gasteiger partial charge on any atom is 0.226 e. The lowest BCUT2D eigenvalue weighted by atomic mass is 10.0. The molecular formula is C30H31N5O2S. The van der Waals surface area contributed by atoms with Crippen molar-refractivity contribution in [2.45, 2.75) is 32.4 Å². The molecule has 2 aromatic carbocycles. The smallest absolute Gasteiger partial charge is 0.226 e. The van der Waals surface area contributed by atoms with Crippen molar-refractivity contribution in [2.24, 2.45) is 0 Å². The summed E-state index contributed by atoms with van der Waals surface area (Å²) in [5, 5.41) is 7.07. The van der Waals surface area contributed by atoms with Gasteiger partial charge < -0.3 is 24.8 Å². The van der Waals surface area contributed by atoms with Crippen molar-refractivity contribution >= 4 is 28.9 Å². The number of nitrogens with one attached hydrogen (secondary N) is 2. The molecule has 1 saturated heterocycles. The summed E-state index contributed by atoms with van der Waals surface area (Å²) in [6.07, 6.45) is 4.13. The number of anilines is 1. The number of aromatic nitrogens is 2. The van der Waals surface area contributed by atoms with Crippen LogP contribution in [0.5, 0.6) is 5.75 Å². The number of hydrogen-bond donors (Lipinski definition) is 2. The molecule has 4 aromatic rings. The number of amides is 1. The third-order valence-electron chi connectivity index (χ3n) is 6.62. The quantitative estimate of drug-likeness (QED) is 0.278. The summed E-state index contributed by atoms with van der Waals surface area (Å²) in [5.74, 6) is 0.778. The molecule has 0 bridgehead atoms. The Morgan fingerprint density at radius 2 is 1.84 bits per heavy atom. The molecule has 7 nitrogen and oxygen atoms in total. The van der Waals surface area contributed by atoms with Crippen molar-refractivity contribution in [3.8, 4) is 11.4 Å². The van der Waals surface area contributed by atoms with E-state index < -0.39 is 0 Å². The second kappa shape index (κ2) is 11.5. The number of aryl methyl sites for hydroxylation is 1. The van der Waals surface area contributed by atoms with Crippen LogP contribution in [0.2, 0.25) is 0 Å². The minimum Gasteiger partial charge on any atom is -0.494 e. The van der Waals surface area contributed by atoms with Gasteiger partial charge in [-0.1, -0.05) is 23.8 Å². The predicted molar refractivity (Wildman–Crippen MR) is 154 cm³/mol. The molecule has 2 aromatic heterocycles. The van der Waals surface area contributed by atoms with E-state index in [1.54, 1.807) is 6.20 Å². The van der Waals surface area contributed by atoms with E-state index >= 15 is 0 Å². The van der Waals surface area contributed by atoms with Gasteiger partial charge in [0.05, 0.1) is 24.4 Å². The molecule has 38 heavy (non-hydrogen) atoms. The zero-order chi connectivity index (χ0) is 26.5. The number of thiocarbonyl (C=S) groups is 1. The highest BCUT2D eigenvalue weighted by molar-refractivity contribution is 7.80. The highest BCUT2D eigenvalue weighted by Crippen LogP contribution is 2.39. The van der Waals surface area contributed by atoms with Crippen LogP contribution in [0, 0.1) is 6.92 Å². The van der Waals surface area contributed by atoms with Gasteiger partial charge in [0, 0.05) is 42.4 Å². The van der Waals surface area contributed by atoms with Gasteiger partial charge in [0.2, 0.25) is 5.91 Å². The Balaban J connectivity index is 1.42. The number of benzene rings is 2. The summed E-state index contributed by atoms with van der Waals surface area (Å²) < 4.78 is 7.78. The maximum absolute atomic E-state index is 12.8. The molecular weight excluding hydrogens is 494 g/mol. The Morgan fingerprint density at radius 1 is 1.05 bits per heavy atom. The van der Waals surface area contributed by atoms with E-state index in [0.717, 1.165) is 34.1 Å². The van der Waals surface area contributed by atoms with Crippen LogP contribution < -0.4 is 15.4 Å². The van der Waals surface area contributed by atoms with Crippen LogP contribution in [-0.2, 0) is 4.79 Å². The fraction of sp³-hybridized carbons (Fsp3) is 0.233. The lowest BCUT2D eigenvalue weighted by molar-refractivity contribution is -0.116. The van der Waals surface area contributed by atoms with E-state index in [9.17, 15) is 4.79 Å². The first-order valence-corrected chi connectivity index (χ1v) is 13.2. The van der Waals surface area contributed by atoms with E-state index in [1.165, 1.54) is 0 Å². The van der Waals surface area contributed by atoms with Crippen LogP contribution >= 0.6 is 12.2 Å². The number of rotatable bonds is 9. The van der Waals surface area contributed by atoms with Gasteiger partial charge in [0.25, 0.3) is 0 Å². The Hall–Kier alpha value is -4.17. The molecule has 3 heterocycles. The molecule has 2 N–H and O–H groups in total. The minimum absolute atomic E-state index is 0.0569. The average molecular weight is 526 g/mol. The molecule has 0 radical (unpaired) electrons. The molecule has 1 amide bonds. The Morgan fingerprint density at radius 3 is 2.55 bits per heavy atom. The number of carbonyl (C=O) groups is 1. The van der Waals surface area contributed by atoms with Crippen LogP contribution in [0.25, 0.3) is 5.69 Å². The molecule has 0 aliphatic carbocycles.